The van der Waals surface area contributed by atoms with E-state index in [4.69, 9.17) is 4.74 Å². The molecular formula is C19H18N4O2. The maximum absolute atomic E-state index is 9.43. The summed E-state index contributed by atoms with van der Waals surface area (Å²) in [6.45, 7) is 0. The molecule has 0 fully saturated rings. The number of imidazole rings is 2. The van der Waals surface area contributed by atoms with E-state index in [0.717, 1.165) is 17.1 Å². The second-order valence-corrected chi connectivity index (χ2v) is 5.10. The molecule has 1 N–H and O–H groups in total. The number of phenols is 1. The van der Waals surface area contributed by atoms with Crippen LogP contribution in [0, 0.1) is 0 Å². The van der Waals surface area contributed by atoms with Crippen LogP contribution in [0.5, 0.6) is 11.5 Å². The average molecular weight is 334 g/mol. The number of benzene rings is 2. The summed E-state index contributed by atoms with van der Waals surface area (Å²) in [5.41, 5.74) is 1.75. The lowest BCUT2D eigenvalue weighted by Crippen LogP contribution is -1.94. The van der Waals surface area contributed by atoms with Crippen molar-refractivity contribution in [1.82, 2.24) is 19.1 Å². The van der Waals surface area contributed by atoms with Gasteiger partial charge in [0.1, 0.15) is 11.5 Å². The van der Waals surface area contributed by atoms with Crippen molar-refractivity contribution in [2.45, 2.75) is 0 Å². The van der Waals surface area contributed by atoms with Crippen LogP contribution in [-0.2, 0) is 0 Å². The number of methoxy groups -OCH3 is 1. The molecule has 25 heavy (non-hydrogen) atoms. The largest absolute Gasteiger partial charge is 0.506 e. The number of rotatable bonds is 3. The van der Waals surface area contributed by atoms with E-state index in [1.54, 1.807) is 55.1 Å². The van der Waals surface area contributed by atoms with Crippen molar-refractivity contribution < 1.29 is 9.84 Å². The Hall–Kier alpha value is -3.54. The summed E-state index contributed by atoms with van der Waals surface area (Å²) >= 11 is 0. The van der Waals surface area contributed by atoms with E-state index in [1.807, 2.05) is 47.2 Å². The first-order valence-corrected chi connectivity index (χ1v) is 7.67. The normalized spacial score (nSPS) is 9.96. The van der Waals surface area contributed by atoms with Gasteiger partial charge in [-0.3, -0.25) is 0 Å². The Balaban J connectivity index is 0.000000146. The highest BCUT2D eigenvalue weighted by atomic mass is 16.5. The van der Waals surface area contributed by atoms with Crippen LogP contribution >= 0.6 is 0 Å². The number of nitrogens with zero attached hydrogens (tertiary/aromatic N) is 4. The van der Waals surface area contributed by atoms with Gasteiger partial charge in [-0.25, -0.2) is 9.97 Å². The van der Waals surface area contributed by atoms with Gasteiger partial charge in [0, 0.05) is 24.8 Å². The van der Waals surface area contributed by atoms with E-state index in [2.05, 4.69) is 9.97 Å². The summed E-state index contributed by atoms with van der Waals surface area (Å²) < 4.78 is 8.90. The molecule has 4 rings (SSSR count). The zero-order chi connectivity index (χ0) is 17.5. The molecule has 2 aromatic carbocycles. The van der Waals surface area contributed by atoms with Crippen LogP contribution in [0.2, 0.25) is 0 Å². The number of para-hydroxylation sites is 4. The molecule has 0 aliphatic carbocycles. The van der Waals surface area contributed by atoms with Crippen molar-refractivity contribution in [3.8, 4) is 22.9 Å². The summed E-state index contributed by atoms with van der Waals surface area (Å²) in [6.07, 6.45) is 10.5. The van der Waals surface area contributed by atoms with E-state index < -0.39 is 0 Å². The Bertz CT molecular complexity index is 903. The number of phenolic OH excluding ortho intramolecular Hbond substituents is 1. The van der Waals surface area contributed by atoms with Gasteiger partial charge in [-0.15, -0.1) is 0 Å². The third-order valence-electron chi connectivity index (χ3n) is 3.53. The number of hydrogen-bond acceptors (Lipinski definition) is 4. The molecule has 6 nitrogen and oxygen atoms in total. The Morgan fingerprint density at radius 2 is 1.36 bits per heavy atom. The van der Waals surface area contributed by atoms with Gasteiger partial charge in [-0.1, -0.05) is 24.3 Å². The summed E-state index contributed by atoms with van der Waals surface area (Å²) in [5, 5.41) is 9.43. The van der Waals surface area contributed by atoms with Gasteiger partial charge in [0.05, 0.1) is 31.1 Å². The first-order valence-electron chi connectivity index (χ1n) is 7.67. The average Bonchev–Trinajstić information content (AvgIpc) is 3.36. The topological polar surface area (TPSA) is 65.1 Å². The molecule has 4 aromatic rings. The van der Waals surface area contributed by atoms with E-state index in [9.17, 15) is 5.11 Å². The zero-order valence-electron chi connectivity index (χ0n) is 13.7. The van der Waals surface area contributed by atoms with Crippen molar-refractivity contribution in [2.24, 2.45) is 0 Å². The van der Waals surface area contributed by atoms with Crippen LogP contribution in [0.25, 0.3) is 11.4 Å². The third kappa shape index (κ3) is 3.87. The fourth-order valence-corrected chi connectivity index (χ4v) is 2.33. The molecule has 0 unspecified atom stereocenters. The fraction of sp³-hybridized carbons (Fsp3) is 0.0526. The second kappa shape index (κ2) is 7.83. The third-order valence-corrected chi connectivity index (χ3v) is 3.53. The molecule has 0 bridgehead atoms. The SMILES string of the molecule is COc1ccccc1-n1ccnc1.Oc1ccccc1-n1ccnc1. The molecule has 0 saturated carbocycles. The van der Waals surface area contributed by atoms with Gasteiger partial charge in [0.25, 0.3) is 0 Å². The van der Waals surface area contributed by atoms with Crippen molar-refractivity contribution in [3.05, 3.63) is 86.0 Å². The van der Waals surface area contributed by atoms with Crippen molar-refractivity contribution in [3.63, 3.8) is 0 Å². The van der Waals surface area contributed by atoms with Gasteiger partial charge in [0.15, 0.2) is 0 Å². The van der Waals surface area contributed by atoms with E-state index in [1.165, 1.54) is 0 Å². The Labute approximate surface area is 145 Å². The lowest BCUT2D eigenvalue weighted by Gasteiger charge is -2.07. The van der Waals surface area contributed by atoms with Gasteiger partial charge < -0.3 is 19.0 Å². The van der Waals surface area contributed by atoms with Crippen LogP contribution < -0.4 is 4.74 Å². The Morgan fingerprint density at radius 3 is 1.92 bits per heavy atom. The smallest absolute Gasteiger partial charge is 0.142 e. The summed E-state index contributed by atoms with van der Waals surface area (Å²) in [7, 11) is 1.66. The van der Waals surface area contributed by atoms with Crippen molar-refractivity contribution >= 4 is 0 Å². The van der Waals surface area contributed by atoms with Crippen LogP contribution in [0.1, 0.15) is 0 Å². The standard InChI is InChI=1S/C10H10N2O.C9H8N2O/c1-13-10-5-3-2-4-9(10)12-7-6-11-8-12;12-9-4-2-1-3-8(9)11-6-5-10-7-11/h2-8H,1H3;1-7,12H. The predicted octanol–water partition coefficient (Wildman–Crippen LogP) is 3.46. The number of ether oxygens (including phenoxy) is 1. The molecular weight excluding hydrogens is 316 g/mol. The number of hydrogen-bond donors (Lipinski definition) is 1. The maximum atomic E-state index is 9.43. The maximum Gasteiger partial charge on any atom is 0.142 e. The van der Waals surface area contributed by atoms with Gasteiger partial charge in [0.2, 0.25) is 0 Å². The molecule has 0 radical (unpaired) electrons. The lowest BCUT2D eigenvalue weighted by molar-refractivity contribution is 0.413. The molecule has 0 aliphatic heterocycles. The minimum Gasteiger partial charge on any atom is -0.506 e. The summed E-state index contributed by atoms with van der Waals surface area (Å²) in [5.74, 6) is 1.11. The quantitative estimate of drug-likeness (QED) is 0.623. The number of aromatic hydroxyl groups is 1. The minimum atomic E-state index is 0.260. The predicted molar refractivity (Wildman–Crippen MR) is 95.3 cm³/mol. The molecule has 2 heterocycles. The second-order valence-electron chi connectivity index (χ2n) is 5.10. The first-order chi connectivity index (χ1) is 12.3. The van der Waals surface area contributed by atoms with Gasteiger partial charge in [-0.2, -0.15) is 0 Å². The molecule has 2 aromatic heterocycles. The molecule has 0 aliphatic rings. The molecule has 0 spiro atoms. The van der Waals surface area contributed by atoms with Crippen molar-refractivity contribution in [1.29, 1.82) is 0 Å². The van der Waals surface area contributed by atoms with Crippen molar-refractivity contribution in [2.75, 3.05) is 7.11 Å². The molecule has 0 saturated heterocycles. The summed E-state index contributed by atoms with van der Waals surface area (Å²) in [6, 6.07) is 15.0. The van der Waals surface area contributed by atoms with Crippen LogP contribution in [0.15, 0.2) is 86.0 Å². The molecule has 0 atom stereocenters. The molecule has 6 heteroatoms. The lowest BCUT2D eigenvalue weighted by atomic mass is 10.3. The zero-order valence-corrected chi connectivity index (χ0v) is 13.7. The number of aromatic nitrogens is 4. The van der Waals surface area contributed by atoms with E-state index in [-0.39, 0.29) is 5.75 Å². The highest BCUT2D eigenvalue weighted by molar-refractivity contribution is 5.46. The highest BCUT2D eigenvalue weighted by Crippen LogP contribution is 2.21. The molecule has 0 amide bonds. The van der Waals surface area contributed by atoms with Crippen LogP contribution in [0.3, 0.4) is 0 Å². The van der Waals surface area contributed by atoms with Gasteiger partial charge in [-0.05, 0) is 24.3 Å². The fourth-order valence-electron chi connectivity index (χ4n) is 2.33. The van der Waals surface area contributed by atoms with Crippen LogP contribution in [0.4, 0.5) is 0 Å². The van der Waals surface area contributed by atoms with Crippen LogP contribution in [-0.4, -0.2) is 31.3 Å². The first kappa shape index (κ1) is 16.3. The highest BCUT2D eigenvalue weighted by Gasteiger charge is 2.01. The Kier molecular flexibility index (Phi) is 5.11. The summed E-state index contributed by atoms with van der Waals surface area (Å²) in [4.78, 5) is 7.87. The minimum absolute atomic E-state index is 0.260. The van der Waals surface area contributed by atoms with Gasteiger partial charge >= 0.3 is 0 Å². The monoisotopic (exact) mass is 334 g/mol. The van der Waals surface area contributed by atoms with E-state index >= 15 is 0 Å². The van der Waals surface area contributed by atoms with E-state index in [0.29, 0.717) is 0 Å². The molecule has 126 valence electrons. The Morgan fingerprint density at radius 1 is 0.800 bits per heavy atom.